The number of thioether (sulfide) groups is 1. The molecule has 4 nitrogen and oxygen atoms in total. The number of carbonyl (C=O) groups is 2. The van der Waals surface area contributed by atoms with Gasteiger partial charge in [-0.3, -0.25) is 9.59 Å². The van der Waals surface area contributed by atoms with Crippen LogP contribution in [0.15, 0.2) is 77.7 Å². The second-order valence-electron chi connectivity index (χ2n) is 6.11. The van der Waals surface area contributed by atoms with Crippen molar-refractivity contribution in [3.63, 3.8) is 0 Å². The summed E-state index contributed by atoms with van der Waals surface area (Å²) in [4.78, 5) is 25.3. The molecule has 0 bridgehead atoms. The van der Waals surface area contributed by atoms with Crippen molar-refractivity contribution in [3.05, 3.63) is 89.7 Å². The quantitative estimate of drug-likeness (QED) is 0.571. The summed E-state index contributed by atoms with van der Waals surface area (Å²) in [7, 11) is 0. The Bertz CT molecular complexity index is 1010. The molecule has 0 fully saturated rings. The normalized spacial score (nSPS) is 10.4. The van der Waals surface area contributed by atoms with E-state index in [2.05, 4.69) is 10.6 Å². The molecule has 142 valence electrons. The number of aryl methyl sites for hydroxylation is 1. The topological polar surface area (TPSA) is 58.2 Å². The number of amides is 2. The van der Waals surface area contributed by atoms with Gasteiger partial charge in [-0.15, -0.1) is 11.8 Å². The van der Waals surface area contributed by atoms with E-state index in [0.717, 1.165) is 10.5 Å². The summed E-state index contributed by atoms with van der Waals surface area (Å²) in [5.74, 6) is -0.826. The Balaban J connectivity index is 1.59. The first kappa shape index (κ1) is 19.6. The second-order valence-corrected chi connectivity index (χ2v) is 7.16. The third-order valence-corrected chi connectivity index (χ3v) is 4.99. The van der Waals surface area contributed by atoms with Gasteiger partial charge in [-0.1, -0.05) is 36.4 Å². The van der Waals surface area contributed by atoms with Crippen molar-refractivity contribution in [2.24, 2.45) is 0 Å². The molecule has 0 aliphatic rings. The number of anilines is 2. The molecule has 0 aliphatic carbocycles. The minimum atomic E-state index is -0.471. The highest BCUT2D eigenvalue weighted by Gasteiger charge is 2.10. The molecule has 3 aromatic rings. The maximum atomic E-state index is 13.6. The van der Waals surface area contributed by atoms with E-state index < -0.39 is 5.82 Å². The van der Waals surface area contributed by atoms with Crippen LogP contribution < -0.4 is 10.6 Å². The largest absolute Gasteiger partial charge is 0.323 e. The monoisotopic (exact) mass is 394 g/mol. The summed E-state index contributed by atoms with van der Waals surface area (Å²) in [6, 6.07) is 20.7. The van der Waals surface area contributed by atoms with Crippen LogP contribution in [0.2, 0.25) is 0 Å². The molecule has 0 radical (unpaired) electrons. The van der Waals surface area contributed by atoms with Crippen LogP contribution >= 0.6 is 11.8 Å². The zero-order valence-electron chi connectivity index (χ0n) is 15.2. The Morgan fingerprint density at radius 1 is 0.929 bits per heavy atom. The number of rotatable bonds is 6. The lowest BCUT2D eigenvalue weighted by atomic mass is 10.1. The molecule has 3 aromatic carbocycles. The summed E-state index contributed by atoms with van der Waals surface area (Å²) < 4.78 is 13.6. The number of halogens is 1. The van der Waals surface area contributed by atoms with E-state index >= 15 is 0 Å². The highest BCUT2D eigenvalue weighted by molar-refractivity contribution is 8.00. The molecule has 0 heterocycles. The van der Waals surface area contributed by atoms with Crippen molar-refractivity contribution < 1.29 is 14.0 Å². The Morgan fingerprint density at radius 3 is 2.46 bits per heavy atom. The SMILES string of the molecule is Cc1ccccc1C(=O)Nc1cccc(SCC(=O)Nc2ccccc2F)c1. The maximum Gasteiger partial charge on any atom is 0.255 e. The lowest BCUT2D eigenvalue weighted by molar-refractivity contribution is -0.113. The number of nitrogens with one attached hydrogen (secondary N) is 2. The Morgan fingerprint density at radius 2 is 1.68 bits per heavy atom. The number of benzene rings is 3. The molecule has 6 heteroatoms. The highest BCUT2D eigenvalue weighted by Crippen LogP contribution is 2.23. The average molecular weight is 394 g/mol. The second kappa shape index (κ2) is 9.19. The predicted octanol–water partition coefficient (Wildman–Crippen LogP) is 5.12. The molecule has 0 unspecified atom stereocenters. The molecule has 2 N–H and O–H groups in total. The van der Waals surface area contributed by atoms with Crippen molar-refractivity contribution in [1.29, 1.82) is 0 Å². The van der Waals surface area contributed by atoms with Gasteiger partial charge in [0, 0.05) is 16.1 Å². The molecule has 0 atom stereocenters. The molecular formula is C22H19FN2O2S. The summed E-state index contributed by atoms with van der Waals surface area (Å²) in [5, 5.41) is 5.42. The van der Waals surface area contributed by atoms with Crippen molar-refractivity contribution in [1.82, 2.24) is 0 Å². The zero-order valence-corrected chi connectivity index (χ0v) is 16.1. The van der Waals surface area contributed by atoms with Crippen molar-refractivity contribution in [3.8, 4) is 0 Å². The molecule has 28 heavy (non-hydrogen) atoms. The van der Waals surface area contributed by atoms with E-state index in [1.165, 1.54) is 23.9 Å². The van der Waals surface area contributed by atoms with Gasteiger partial charge in [-0.2, -0.15) is 0 Å². The fourth-order valence-corrected chi connectivity index (χ4v) is 3.34. The van der Waals surface area contributed by atoms with Gasteiger partial charge in [0.2, 0.25) is 5.91 Å². The molecule has 0 saturated heterocycles. The lowest BCUT2D eigenvalue weighted by Gasteiger charge is -2.09. The number of hydrogen-bond donors (Lipinski definition) is 2. The van der Waals surface area contributed by atoms with Crippen LogP contribution in [0.5, 0.6) is 0 Å². The van der Waals surface area contributed by atoms with Crippen molar-refractivity contribution in [2.75, 3.05) is 16.4 Å². The minimum absolute atomic E-state index is 0.128. The fourth-order valence-electron chi connectivity index (χ4n) is 2.59. The Hall–Kier alpha value is -3.12. The van der Waals surface area contributed by atoms with E-state index in [1.807, 2.05) is 37.3 Å². The summed E-state index contributed by atoms with van der Waals surface area (Å²) >= 11 is 1.31. The van der Waals surface area contributed by atoms with Gasteiger partial charge in [0.25, 0.3) is 5.91 Å². The molecule has 0 aliphatic heterocycles. The summed E-state index contributed by atoms with van der Waals surface area (Å²) in [6.45, 7) is 1.88. The number of para-hydroxylation sites is 1. The summed E-state index contributed by atoms with van der Waals surface area (Å²) in [5.41, 5.74) is 2.32. The van der Waals surface area contributed by atoms with Gasteiger partial charge in [-0.25, -0.2) is 4.39 Å². The van der Waals surface area contributed by atoms with E-state index in [0.29, 0.717) is 11.3 Å². The number of hydrogen-bond acceptors (Lipinski definition) is 3. The standard InChI is InChI=1S/C22H19FN2O2S/c1-15-7-2-3-10-18(15)22(27)24-16-8-6-9-17(13-16)28-14-21(26)25-20-12-5-4-11-19(20)23/h2-13H,14H2,1H3,(H,24,27)(H,25,26). The van der Waals surface area contributed by atoms with Gasteiger partial charge in [-0.05, 0) is 48.9 Å². The lowest BCUT2D eigenvalue weighted by Crippen LogP contribution is -2.15. The van der Waals surface area contributed by atoms with E-state index in [4.69, 9.17) is 0 Å². The Kier molecular flexibility index (Phi) is 6.45. The molecule has 0 saturated carbocycles. The predicted molar refractivity (Wildman–Crippen MR) is 111 cm³/mol. The molecule has 2 amide bonds. The van der Waals surface area contributed by atoms with Crippen LogP contribution in [-0.4, -0.2) is 17.6 Å². The fraction of sp³-hybridized carbons (Fsp3) is 0.0909. The number of carbonyl (C=O) groups excluding carboxylic acids is 2. The first-order chi connectivity index (χ1) is 13.5. The Labute approximate surface area is 167 Å². The van der Waals surface area contributed by atoms with Crippen LogP contribution in [0.1, 0.15) is 15.9 Å². The molecular weight excluding hydrogens is 375 g/mol. The first-order valence-corrected chi connectivity index (χ1v) is 9.66. The van der Waals surface area contributed by atoms with Crippen molar-refractivity contribution >= 4 is 35.0 Å². The molecule has 3 rings (SSSR count). The third-order valence-electron chi connectivity index (χ3n) is 4.00. The van der Waals surface area contributed by atoms with Gasteiger partial charge in [0.1, 0.15) is 5.82 Å². The smallest absolute Gasteiger partial charge is 0.255 e. The minimum Gasteiger partial charge on any atom is -0.323 e. The van der Waals surface area contributed by atoms with Gasteiger partial charge in [0.05, 0.1) is 11.4 Å². The zero-order chi connectivity index (χ0) is 19.9. The summed E-state index contributed by atoms with van der Waals surface area (Å²) in [6.07, 6.45) is 0. The highest BCUT2D eigenvalue weighted by atomic mass is 32.2. The van der Waals surface area contributed by atoms with Gasteiger partial charge in [0.15, 0.2) is 0 Å². The molecule has 0 aromatic heterocycles. The van der Waals surface area contributed by atoms with E-state index in [9.17, 15) is 14.0 Å². The van der Waals surface area contributed by atoms with Crippen LogP contribution in [0.25, 0.3) is 0 Å². The van der Waals surface area contributed by atoms with Crippen LogP contribution in [0, 0.1) is 12.7 Å². The van der Waals surface area contributed by atoms with Gasteiger partial charge >= 0.3 is 0 Å². The van der Waals surface area contributed by atoms with Crippen LogP contribution in [0.4, 0.5) is 15.8 Å². The maximum absolute atomic E-state index is 13.6. The van der Waals surface area contributed by atoms with Crippen LogP contribution in [0.3, 0.4) is 0 Å². The van der Waals surface area contributed by atoms with Gasteiger partial charge < -0.3 is 10.6 Å². The van der Waals surface area contributed by atoms with E-state index in [1.54, 1.807) is 30.3 Å². The third kappa shape index (κ3) is 5.20. The van der Waals surface area contributed by atoms with Crippen LogP contribution in [-0.2, 0) is 4.79 Å². The first-order valence-electron chi connectivity index (χ1n) is 8.67. The van der Waals surface area contributed by atoms with E-state index in [-0.39, 0.29) is 23.3 Å². The molecule has 0 spiro atoms. The van der Waals surface area contributed by atoms with Crippen molar-refractivity contribution in [2.45, 2.75) is 11.8 Å². The average Bonchev–Trinajstić information content (AvgIpc) is 2.69.